The monoisotopic (exact) mass is 467 g/mol. The number of carbonyl (C=O) groups excluding carboxylic acids is 3. The zero-order valence-corrected chi connectivity index (χ0v) is 18.7. The molecule has 4 amide bonds. The van der Waals surface area contributed by atoms with Crippen molar-refractivity contribution in [3.8, 4) is 0 Å². The molecule has 0 spiro atoms. The summed E-state index contributed by atoms with van der Waals surface area (Å²) in [6, 6.07) is 15.1. The summed E-state index contributed by atoms with van der Waals surface area (Å²) >= 11 is 12.3. The summed E-state index contributed by atoms with van der Waals surface area (Å²) in [7, 11) is 0. The van der Waals surface area contributed by atoms with Gasteiger partial charge in [-0.05, 0) is 60.0 Å². The lowest BCUT2D eigenvalue weighted by atomic mass is 10.1. The van der Waals surface area contributed by atoms with E-state index in [0.29, 0.717) is 28.0 Å². The molecule has 1 fully saturated rings. The molecule has 6 nitrogen and oxygen atoms in total. The van der Waals surface area contributed by atoms with Crippen LogP contribution in [-0.2, 0) is 22.6 Å². The third kappa shape index (κ3) is 4.33. The lowest BCUT2D eigenvalue weighted by Crippen LogP contribution is -2.54. The van der Waals surface area contributed by atoms with Crippen molar-refractivity contribution in [2.45, 2.75) is 19.9 Å². The van der Waals surface area contributed by atoms with Crippen molar-refractivity contribution in [1.82, 2.24) is 9.88 Å². The van der Waals surface area contributed by atoms with Crippen molar-refractivity contribution in [2.24, 2.45) is 0 Å². The van der Waals surface area contributed by atoms with E-state index in [-0.39, 0.29) is 5.57 Å². The SMILES string of the molecule is CCc1ccc(N2C(=O)NC(=O)/C(=C\c3cccn3Cc3ccc(Cl)cc3Cl)C2=O)cc1. The topological polar surface area (TPSA) is 71.4 Å². The third-order valence-electron chi connectivity index (χ3n) is 5.22. The molecule has 2 aromatic carbocycles. The molecule has 0 saturated carbocycles. The van der Waals surface area contributed by atoms with Crippen LogP contribution in [0.25, 0.3) is 6.08 Å². The summed E-state index contributed by atoms with van der Waals surface area (Å²) in [6.45, 7) is 2.43. The maximum atomic E-state index is 13.1. The van der Waals surface area contributed by atoms with Crippen LogP contribution in [0.2, 0.25) is 10.0 Å². The number of halogens is 2. The van der Waals surface area contributed by atoms with Gasteiger partial charge in [-0.15, -0.1) is 0 Å². The van der Waals surface area contributed by atoms with Gasteiger partial charge >= 0.3 is 6.03 Å². The molecular formula is C24H19Cl2N3O3. The molecule has 1 aromatic heterocycles. The van der Waals surface area contributed by atoms with Gasteiger partial charge < -0.3 is 4.57 Å². The van der Waals surface area contributed by atoms with Gasteiger partial charge in [0.05, 0.1) is 5.69 Å². The van der Waals surface area contributed by atoms with Gasteiger partial charge in [-0.3, -0.25) is 14.9 Å². The summed E-state index contributed by atoms with van der Waals surface area (Å²) < 4.78 is 1.85. The number of aromatic nitrogens is 1. The van der Waals surface area contributed by atoms with Gasteiger partial charge in [0.2, 0.25) is 0 Å². The van der Waals surface area contributed by atoms with Crippen LogP contribution in [0, 0.1) is 0 Å². The van der Waals surface area contributed by atoms with E-state index in [1.54, 1.807) is 36.4 Å². The molecule has 0 unspecified atom stereocenters. The number of anilines is 1. The van der Waals surface area contributed by atoms with Crippen molar-refractivity contribution in [3.63, 3.8) is 0 Å². The lowest BCUT2D eigenvalue weighted by molar-refractivity contribution is -0.122. The minimum Gasteiger partial charge on any atom is -0.343 e. The highest BCUT2D eigenvalue weighted by Crippen LogP contribution is 2.25. The minimum absolute atomic E-state index is 0.133. The van der Waals surface area contributed by atoms with E-state index in [1.165, 1.54) is 6.08 Å². The van der Waals surface area contributed by atoms with Crippen molar-refractivity contribution >= 4 is 52.8 Å². The largest absolute Gasteiger partial charge is 0.343 e. The number of urea groups is 1. The zero-order chi connectivity index (χ0) is 22.8. The molecule has 0 bridgehead atoms. The second-order valence-electron chi connectivity index (χ2n) is 7.27. The van der Waals surface area contributed by atoms with Crippen molar-refractivity contribution in [3.05, 3.63) is 93.2 Å². The smallest absolute Gasteiger partial charge is 0.335 e. The Labute approximate surface area is 195 Å². The first-order chi connectivity index (χ1) is 15.4. The Morgan fingerprint density at radius 2 is 1.75 bits per heavy atom. The van der Waals surface area contributed by atoms with E-state index in [9.17, 15) is 14.4 Å². The van der Waals surface area contributed by atoms with E-state index in [1.807, 2.05) is 35.9 Å². The molecule has 2 heterocycles. The minimum atomic E-state index is -0.773. The summed E-state index contributed by atoms with van der Waals surface area (Å²) in [5.41, 5.74) is 2.78. The predicted octanol–water partition coefficient (Wildman–Crippen LogP) is 5.07. The first-order valence-electron chi connectivity index (χ1n) is 9.97. The van der Waals surface area contributed by atoms with Crippen LogP contribution in [0.15, 0.2) is 66.4 Å². The van der Waals surface area contributed by atoms with Crippen LogP contribution >= 0.6 is 23.2 Å². The van der Waals surface area contributed by atoms with Crippen molar-refractivity contribution in [1.29, 1.82) is 0 Å². The maximum Gasteiger partial charge on any atom is 0.335 e. The van der Waals surface area contributed by atoms with E-state index in [4.69, 9.17) is 23.2 Å². The Morgan fingerprint density at radius 3 is 2.44 bits per heavy atom. The van der Waals surface area contributed by atoms with E-state index < -0.39 is 17.8 Å². The van der Waals surface area contributed by atoms with Crippen LogP contribution in [-0.4, -0.2) is 22.4 Å². The van der Waals surface area contributed by atoms with Gasteiger partial charge in [-0.1, -0.05) is 48.3 Å². The first-order valence-corrected chi connectivity index (χ1v) is 10.7. The molecule has 1 N–H and O–H groups in total. The zero-order valence-electron chi connectivity index (χ0n) is 17.1. The van der Waals surface area contributed by atoms with Crippen molar-refractivity contribution in [2.75, 3.05) is 4.90 Å². The molecule has 162 valence electrons. The van der Waals surface area contributed by atoms with Gasteiger partial charge in [0.25, 0.3) is 11.8 Å². The second-order valence-corrected chi connectivity index (χ2v) is 8.12. The Morgan fingerprint density at radius 1 is 1.00 bits per heavy atom. The fraction of sp³-hybridized carbons (Fsp3) is 0.125. The maximum absolute atomic E-state index is 13.1. The van der Waals surface area contributed by atoms with Gasteiger partial charge in [-0.25, -0.2) is 9.69 Å². The highest BCUT2D eigenvalue weighted by atomic mass is 35.5. The standard InChI is InChI=1S/C24H19Cl2N3O3/c1-2-15-5-9-18(10-6-15)29-23(31)20(22(30)27-24(29)32)13-19-4-3-11-28(19)14-16-7-8-17(25)12-21(16)26/h3-13H,2,14H2,1H3,(H,27,30,32)/b20-13+. The number of aryl methyl sites for hydroxylation is 1. The summed E-state index contributed by atoms with van der Waals surface area (Å²) in [5.74, 6) is -1.42. The Balaban J connectivity index is 1.66. The third-order valence-corrected chi connectivity index (χ3v) is 5.80. The van der Waals surface area contributed by atoms with Crippen LogP contribution in [0.3, 0.4) is 0 Å². The number of benzene rings is 2. The molecule has 3 aromatic rings. The van der Waals surface area contributed by atoms with Crippen LogP contribution < -0.4 is 10.2 Å². The van der Waals surface area contributed by atoms with E-state index in [0.717, 1.165) is 22.4 Å². The molecule has 32 heavy (non-hydrogen) atoms. The highest BCUT2D eigenvalue weighted by Gasteiger charge is 2.36. The van der Waals surface area contributed by atoms with Gasteiger partial charge in [0.15, 0.2) is 0 Å². The van der Waals surface area contributed by atoms with Gasteiger partial charge in [-0.2, -0.15) is 0 Å². The number of carbonyl (C=O) groups is 3. The van der Waals surface area contributed by atoms with Crippen LogP contribution in [0.1, 0.15) is 23.7 Å². The number of hydrogen-bond donors (Lipinski definition) is 1. The molecule has 8 heteroatoms. The molecular weight excluding hydrogens is 449 g/mol. The molecule has 0 aliphatic carbocycles. The highest BCUT2D eigenvalue weighted by molar-refractivity contribution is 6.39. The molecule has 1 aliphatic heterocycles. The van der Waals surface area contributed by atoms with Gasteiger partial charge in [0, 0.05) is 28.5 Å². The van der Waals surface area contributed by atoms with E-state index >= 15 is 0 Å². The van der Waals surface area contributed by atoms with Crippen LogP contribution in [0.5, 0.6) is 0 Å². The predicted molar refractivity (Wildman–Crippen MR) is 125 cm³/mol. The fourth-order valence-electron chi connectivity index (χ4n) is 3.46. The number of nitrogens with one attached hydrogen (secondary N) is 1. The lowest BCUT2D eigenvalue weighted by Gasteiger charge is -2.26. The van der Waals surface area contributed by atoms with Gasteiger partial charge in [0.1, 0.15) is 5.57 Å². The molecule has 0 radical (unpaired) electrons. The quantitative estimate of drug-likeness (QED) is 0.420. The number of imide groups is 2. The number of rotatable bonds is 5. The number of nitrogens with zero attached hydrogens (tertiary/aromatic N) is 2. The second kappa shape index (κ2) is 9.02. The van der Waals surface area contributed by atoms with Crippen molar-refractivity contribution < 1.29 is 14.4 Å². The normalized spacial score (nSPS) is 15.4. The average molecular weight is 468 g/mol. The fourth-order valence-corrected chi connectivity index (χ4v) is 3.92. The number of hydrogen-bond acceptors (Lipinski definition) is 3. The Hall–Kier alpha value is -3.35. The molecule has 1 aliphatic rings. The average Bonchev–Trinajstić information content (AvgIpc) is 3.20. The van der Waals surface area contributed by atoms with E-state index in [2.05, 4.69) is 5.32 Å². The number of barbiturate groups is 1. The summed E-state index contributed by atoms with van der Waals surface area (Å²) in [6.07, 6.45) is 4.12. The molecule has 4 rings (SSSR count). The Kier molecular flexibility index (Phi) is 6.17. The Bertz CT molecular complexity index is 1250. The number of amides is 4. The van der Waals surface area contributed by atoms with Crippen LogP contribution in [0.4, 0.5) is 10.5 Å². The first kappa shape index (κ1) is 21.9. The summed E-state index contributed by atoms with van der Waals surface area (Å²) in [4.78, 5) is 39.0. The molecule has 0 atom stereocenters. The summed E-state index contributed by atoms with van der Waals surface area (Å²) in [5, 5.41) is 3.30. The molecule has 1 saturated heterocycles.